The first-order chi connectivity index (χ1) is 10.1. The number of rotatable bonds is 7. The van der Waals surface area contributed by atoms with Crippen molar-refractivity contribution in [3.05, 3.63) is 29.8 Å². The molecular weight excluding hydrogens is 338 g/mol. The molecule has 1 unspecified atom stereocenters. The molecule has 0 radical (unpaired) electrons. The van der Waals surface area contributed by atoms with E-state index in [0.717, 1.165) is 16.3 Å². The van der Waals surface area contributed by atoms with Gasteiger partial charge in [0.1, 0.15) is 0 Å². The van der Waals surface area contributed by atoms with Crippen LogP contribution >= 0.6 is 12.4 Å². The second-order valence-electron chi connectivity index (χ2n) is 5.78. The van der Waals surface area contributed by atoms with Gasteiger partial charge in [0.25, 0.3) is 0 Å². The van der Waals surface area contributed by atoms with E-state index < -0.39 is 15.6 Å². The van der Waals surface area contributed by atoms with Crippen molar-refractivity contribution < 1.29 is 13.2 Å². The molecule has 0 aliphatic rings. The van der Waals surface area contributed by atoms with Crippen LogP contribution in [-0.2, 0) is 21.4 Å². The smallest absolute Gasteiger partial charge is 0.242 e. The molecule has 1 aromatic rings. The highest BCUT2D eigenvalue weighted by Crippen LogP contribution is 2.14. The second kappa shape index (κ2) is 8.63. The number of halogens is 1. The summed E-state index contributed by atoms with van der Waals surface area (Å²) in [4.78, 5) is 12.2. The predicted molar refractivity (Wildman–Crippen MR) is 93.9 cm³/mol. The van der Waals surface area contributed by atoms with E-state index in [-0.39, 0.29) is 23.2 Å². The molecular formula is C15H26ClN3O3S. The van der Waals surface area contributed by atoms with Crippen LogP contribution in [0.5, 0.6) is 0 Å². The third kappa shape index (κ3) is 5.76. The number of nitrogens with one attached hydrogen (secondary N) is 1. The molecule has 0 aliphatic carbocycles. The SMILES string of the molecule is CCCC(C)(N)C(=O)NCc1ccc(S(=O)(=O)N(C)C)cc1.Cl. The zero-order chi connectivity index (χ0) is 17.0. The highest BCUT2D eigenvalue weighted by Gasteiger charge is 2.26. The molecule has 0 saturated heterocycles. The lowest BCUT2D eigenvalue weighted by atomic mass is 9.96. The quantitative estimate of drug-likeness (QED) is 0.767. The Morgan fingerprint density at radius 1 is 1.26 bits per heavy atom. The first-order valence-corrected chi connectivity index (χ1v) is 8.64. The molecule has 1 rings (SSSR count). The summed E-state index contributed by atoms with van der Waals surface area (Å²) >= 11 is 0. The van der Waals surface area contributed by atoms with Crippen LogP contribution in [0.1, 0.15) is 32.3 Å². The molecule has 132 valence electrons. The Kier molecular flexibility index (Phi) is 8.20. The van der Waals surface area contributed by atoms with Crippen LogP contribution in [0, 0.1) is 0 Å². The minimum absolute atomic E-state index is 0. The molecule has 6 nitrogen and oxygen atoms in total. The van der Waals surface area contributed by atoms with Crippen molar-refractivity contribution in [3.63, 3.8) is 0 Å². The lowest BCUT2D eigenvalue weighted by Crippen LogP contribution is -2.51. The first-order valence-electron chi connectivity index (χ1n) is 7.20. The molecule has 0 fully saturated rings. The number of hydrogen-bond donors (Lipinski definition) is 2. The molecule has 0 heterocycles. The van der Waals surface area contributed by atoms with Crippen LogP contribution in [0.4, 0.5) is 0 Å². The summed E-state index contributed by atoms with van der Waals surface area (Å²) in [5.41, 5.74) is 5.88. The maximum Gasteiger partial charge on any atom is 0.242 e. The molecule has 1 atom stereocenters. The highest BCUT2D eigenvalue weighted by molar-refractivity contribution is 7.89. The number of carbonyl (C=O) groups excluding carboxylic acids is 1. The summed E-state index contributed by atoms with van der Waals surface area (Å²) in [5.74, 6) is -0.209. The van der Waals surface area contributed by atoms with Gasteiger partial charge in [-0.1, -0.05) is 25.5 Å². The molecule has 0 saturated carbocycles. The van der Waals surface area contributed by atoms with E-state index in [9.17, 15) is 13.2 Å². The van der Waals surface area contributed by atoms with Crippen molar-refractivity contribution in [2.75, 3.05) is 14.1 Å². The molecule has 3 N–H and O–H groups in total. The Hall–Kier alpha value is -1.15. The Morgan fingerprint density at radius 3 is 2.22 bits per heavy atom. The molecule has 8 heteroatoms. The first kappa shape index (κ1) is 21.9. The summed E-state index contributed by atoms with van der Waals surface area (Å²) in [6.07, 6.45) is 1.44. The number of amides is 1. The normalized spacial score (nSPS) is 14.0. The predicted octanol–water partition coefficient (Wildman–Crippen LogP) is 1.49. The Labute approximate surface area is 144 Å². The molecule has 0 aromatic heterocycles. The van der Waals surface area contributed by atoms with Gasteiger partial charge < -0.3 is 11.1 Å². The van der Waals surface area contributed by atoms with Crippen molar-refractivity contribution in [1.29, 1.82) is 0 Å². The maximum absolute atomic E-state index is 12.0. The summed E-state index contributed by atoms with van der Waals surface area (Å²) in [6, 6.07) is 6.43. The molecule has 0 aliphatic heterocycles. The molecule has 1 aromatic carbocycles. The summed E-state index contributed by atoms with van der Waals surface area (Å²) in [7, 11) is -0.459. The van der Waals surface area contributed by atoms with Gasteiger partial charge in [-0.3, -0.25) is 4.79 Å². The lowest BCUT2D eigenvalue weighted by molar-refractivity contribution is -0.126. The van der Waals surface area contributed by atoms with Crippen LogP contribution in [0.15, 0.2) is 29.2 Å². The van der Waals surface area contributed by atoms with Crippen LogP contribution in [-0.4, -0.2) is 38.3 Å². The van der Waals surface area contributed by atoms with Gasteiger partial charge in [0.05, 0.1) is 10.4 Å². The van der Waals surface area contributed by atoms with Crippen molar-refractivity contribution >= 4 is 28.3 Å². The number of benzene rings is 1. The third-order valence-corrected chi connectivity index (χ3v) is 5.27. The Morgan fingerprint density at radius 2 is 1.78 bits per heavy atom. The van der Waals surface area contributed by atoms with Crippen molar-refractivity contribution in [1.82, 2.24) is 9.62 Å². The largest absolute Gasteiger partial charge is 0.350 e. The van der Waals surface area contributed by atoms with Crippen molar-refractivity contribution in [3.8, 4) is 0 Å². The minimum atomic E-state index is -3.43. The van der Waals surface area contributed by atoms with Gasteiger partial charge in [-0.05, 0) is 31.0 Å². The molecule has 23 heavy (non-hydrogen) atoms. The van der Waals surface area contributed by atoms with Crippen LogP contribution in [0.25, 0.3) is 0 Å². The minimum Gasteiger partial charge on any atom is -0.350 e. The summed E-state index contributed by atoms with van der Waals surface area (Å²) in [6.45, 7) is 4.00. The number of nitrogens with zero attached hydrogens (tertiary/aromatic N) is 1. The van der Waals surface area contributed by atoms with Crippen LogP contribution in [0.2, 0.25) is 0 Å². The molecule has 0 spiro atoms. The van der Waals surface area contributed by atoms with Crippen molar-refractivity contribution in [2.24, 2.45) is 5.73 Å². The Balaban J connectivity index is 0.00000484. The van der Waals surface area contributed by atoms with Gasteiger partial charge in [0.15, 0.2) is 0 Å². The van der Waals surface area contributed by atoms with Gasteiger partial charge >= 0.3 is 0 Å². The highest BCUT2D eigenvalue weighted by atomic mass is 35.5. The monoisotopic (exact) mass is 363 g/mol. The van der Waals surface area contributed by atoms with E-state index in [4.69, 9.17) is 5.73 Å². The van der Waals surface area contributed by atoms with E-state index in [1.54, 1.807) is 19.1 Å². The summed E-state index contributed by atoms with van der Waals surface area (Å²) in [5, 5.41) is 2.78. The molecule has 1 amide bonds. The Bertz CT molecular complexity index is 613. The third-order valence-electron chi connectivity index (χ3n) is 3.44. The van der Waals surface area contributed by atoms with Crippen molar-refractivity contribution in [2.45, 2.75) is 43.7 Å². The standard InChI is InChI=1S/C15H25N3O3S.ClH/c1-5-10-15(2,16)14(19)17-11-12-6-8-13(9-7-12)22(20,21)18(3)4;/h6-9H,5,10-11,16H2,1-4H3,(H,17,19);1H. The maximum atomic E-state index is 12.0. The topological polar surface area (TPSA) is 92.5 Å². The molecule has 0 bridgehead atoms. The van der Waals surface area contributed by atoms with Gasteiger partial charge in [0, 0.05) is 20.6 Å². The zero-order valence-electron chi connectivity index (χ0n) is 14.0. The average Bonchev–Trinajstić information content (AvgIpc) is 2.44. The number of nitrogens with two attached hydrogens (primary N) is 1. The average molecular weight is 364 g/mol. The van der Waals surface area contributed by atoms with E-state index in [2.05, 4.69) is 5.32 Å². The fourth-order valence-corrected chi connectivity index (χ4v) is 2.91. The van der Waals surface area contributed by atoms with E-state index >= 15 is 0 Å². The fraction of sp³-hybridized carbons (Fsp3) is 0.533. The number of hydrogen-bond acceptors (Lipinski definition) is 4. The summed E-state index contributed by atoms with van der Waals surface area (Å²) < 4.78 is 25.1. The fourth-order valence-electron chi connectivity index (χ4n) is 2.01. The number of sulfonamides is 1. The number of carbonyl (C=O) groups is 1. The van der Waals surface area contributed by atoms with Crippen LogP contribution in [0.3, 0.4) is 0 Å². The van der Waals surface area contributed by atoms with Crippen LogP contribution < -0.4 is 11.1 Å². The van der Waals surface area contributed by atoms with Gasteiger partial charge in [-0.15, -0.1) is 12.4 Å². The van der Waals surface area contributed by atoms with E-state index in [1.807, 2.05) is 6.92 Å². The van der Waals surface area contributed by atoms with Gasteiger partial charge in [-0.25, -0.2) is 12.7 Å². The second-order valence-corrected chi connectivity index (χ2v) is 7.93. The van der Waals surface area contributed by atoms with E-state index in [1.165, 1.54) is 26.2 Å². The van der Waals surface area contributed by atoms with E-state index in [0.29, 0.717) is 13.0 Å². The van der Waals surface area contributed by atoms with Gasteiger partial charge in [0.2, 0.25) is 15.9 Å². The zero-order valence-corrected chi connectivity index (χ0v) is 15.6. The lowest BCUT2D eigenvalue weighted by Gasteiger charge is -2.22. The van der Waals surface area contributed by atoms with Gasteiger partial charge in [-0.2, -0.15) is 0 Å².